The van der Waals surface area contributed by atoms with Crippen molar-refractivity contribution in [2.45, 2.75) is 71.9 Å². The lowest BCUT2D eigenvalue weighted by Gasteiger charge is -2.35. The van der Waals surface area contributed by atoms with Crippen LogP contribution in [0.4, 0.5) is 8.78 Å². The number of pyridine rings is 1. The van der Waals surface area contributed by atoms with Crippen molar-refractivity contribution in [2.75, 3.05) is 13.2 Å². The van der Waals surface area contributed by atoms with E-state index in [1.54, 1.807) is 60.7 Å². The molecule has 0 radical (unpaired) electrons. The molecule has 2 aromatic carbocycles. The van der Waals surface area contributed by atoms with Crippen molar-refractivity contribution in [3.63, 3.8) is 0 Å². The number of nitrogens with zero attached hydrogens (tertiary/aromatic N) is 8. The number of halogens is 2. The molecule has 7 heterocycles. The highest BCUT2D eigenvalue weighted by molar-refractivity contribution is 5.96. The Bertz CT molecular complexity index is 2740. The summed E-state index contributed by atoms with van der Waals surface area (Å²) in [6.07, 6.45) is 12.0. The van der Waals surface area contributed by atoms with Gasteiger partial charge in [0.1, 0.15) is 11.6 Å². The third kappa shape index (κ3) is 5.87. The number of rotatable bonds is 6. The number of aryl methyl sites for hydroxylation is 3. The molecule has 7 aromatic rings. The Labute approximate surface area is 322 Å². The van der Waals surface area contributed by atoms with Crippen LogP contribution in [0.5, 0.6) is 0 Å². The van der Waals surface area contributed by atoms with Crippen molar-refractivity contribution >= 4 is 22.3 Å². The van der Waals surface area contributed by atoms with E-state index in [4.69, 9.17) is 9.84 Å². The maximum absolute atomic E-state index is 15.9. The molecule has 288 valence electrons. The van der Waals surface area contributed by atoms with Crippen molar-refractivity contribution in [2.24, 2.45) is 13.0 Å². The average Bonchev–Trinajstić information content (AvgIpc) is 3.94. The summed E-state index contributed by atoms with van der Waals surface area (Å²) in [5, 5.41) is 9.47. The Morgan fingerprint density at radius 3 is 2.54 bits per heavy atom. The highest BCUT2D eigenvalue weighted by Crippen LogP contribution is 2.37. The first-order valence-corrected chi connectivity index (χ1v) is 19.1. The Balaban J connectivity index is 1.10. The van der Waals surface area contributed by atoms with E-state index >= 15 is 4.39 Å². The largest absolute Gasteiger partial charge is 0.376 e. The number of ether oxygens (including phenoxy) is 1. The van der Waals surface area contributed by atoms with Crippen LogP contribution >= 0.6 is 0 Å². The molecule has 0 spiro atoms. The van der Waals surface area contributed by atoms with Crippen molar-refractivity contribution < 1.29 is 18.3 Å². The Morgan fingerprint density at radius 1 is 1.00 bits per heavy atom. The maximum atomic E-state index is 15.9. The lowest BCUT2D eigenvalue weighted by atomic mass is 9.84. The number of imidazole rings is 1. The Kier molecular flexibility index (Phi) is 8.42. The number of amides is 1. The molecule has 1 saturated heterocycles. The van der Waals surface area contributed by atoms with Gasteiger partial charge in [-0.15, -0.1) is 0 Å². The highest BCUT2D eigenvalue weighted by atomic mass is 19.1. The van der Waals surface area contributed by atoms with Gasteiger partial charge in [0, 0.05) is 62.5 Å². The zero-order valence-electron chi connectivity index (χ0n) is 32.4. The van der Waals surface area contributed by atoms with Crippen LogP contribution < -0.4 is 5.69 Å². The quantitative estimate of drug-likeness (QED) is 0.177. The van der Waals surface area contributed by atoms with Gasteiger partial charge >= 0.3 is 5.69 Å². The van der Waals surface area contributed by atoms with Crippen LogP contribution in [-0.2, 0) is 24.6 Å². The van der Waals surface area contributed by atoms with E-state index in [0.717, 1.165) is 37.1 Å². The first-order chi connectivity index (χ1) is 26.8. The molecule has 2 atom stereocenters. The monoisotopic (exact) mass is 758 g/mol. The number of carbonyl (C=O) groups excluding carboxylic acids is 1. The third-order valence-electron chi connectivity index (χ3n) is 11.7. The van der Waals surface area contributed by atoms with Gasteiger partial charge in [-0.3, -0.25) is 18.6 Å². The van der Waals surface area contributed by atoms with Gasteiger partial charge in [0.25, 0.3) is 5.91 Å². The predicted molar refractivity (Wildman–Crippen MR) is 209 cm³/mol. The van der Waals surface area contributed by atoms with Gasteiger partial charge in [-0.1, -0.05) is 6.07 Å². The van der Waals surface area contributed by atoms with E-state index in [1.165, 1.54) is 27.1 Å². The number of benzene rings is 2. The summed E-state index contributed by atoms with van der Waals surface area (Å²) in [5.74, 6) is -0.0852. The molecule has 5 aromatic heterocycles. The SMILES string of the molecule is Cc1cc(-n2nc3c(c2-n2ccn(-c4ccc5c(cnn5C)c4F)c2=O)[C@H](C)N(C(=O)c2cc4ccc(C[C@H]5CCOC(C)(C)C5)cn4c2)CC3)cc(C)c1F. The molecule has 0 saturated carbocycles. The smallest absolute Gasteiger partial charge is 0.338 e. The van der Waals surface area contributed by atoms with Gasteiger partial charge in [0.05, 0.1) is 51.4 Å². The van der Waals surface area contributed by atoms with E-state index in [-0.39, 0.29) is 23.0 Å². The molecule has 0 N–H and O–H groups in total. The first-order valence-electron chi connectivity index (χ1n) is 19.1. The van der Waals surface area contributed by atoms with Gasteiger partial charge < -0.3 is 14.0 Å². The maximum Gasteiger partial charge on any atom is 0.338 e. The zero-order valence-corrected chi connectivity index (χ0v) is 32.4. The molecule has 11 nitrogen and oxygen atoms in total. The molecule has 1 amide bonds. The van der Waals surface area contributed by atoms with Crippen LogP contribution in [0.1, 0.15) is 78.0 Å². The highest BCUT2D eigenvalue weighted by Gasteiger charge is 2.36. The Morgan fingerprint density at radius 2 is 1.77 bits per heavy atom. The number of fused-ring (bicyclic) bond motifs is 3. The van der Waals surface area contributed by atoms with Crippen LogP contribution in [0.2, 0.25) is 0 Å². The summed E-state index contributed by atoms with van der Waals surface area (Å²) in [4.78, 5) is 30.6. The molecule has 0 unspecified atom stereocenters. The number of hydrogen-bond donors (Lipinski definition) is 0. The van der Waals surface area contributed by atoms with Crippen LogP contribution in [0.3, 0.4) is 0 Å². The van der Waals surface area contributed by atoms with Crippen LogP contribution in [0.25, 0.3) is 33.6 Å². The zero-order chi connectivity index (χ0) is 39.2. The van der Waals surface area contributed by atoms with Crippen LogP contribution in [-0.4, -0.2) is 62.7 Å². The standard InChI is InChI=1S/C43H44F2N8O3/c1-25-17-32(18-26(2)38(25)44)53-40(52-15-14-51(42(52)55)36-10-9-35-33(39(36)45)22-46-48(35)6)37-27(3)50(13-11-34(37)47-53)41(54)30-20-31-8-7-29(23-49(31)24-30)19-28-12-16-56-43(4,5)21-28/h7-10,14-15,17-18,20,22-24,27-28H,11-13,16,19,21H2,1-6H3/t27-,28+/m0/s1. The molecule has 9 rings (SSSR count). The van der Waals surface area contributed by atoms with E-state index in [9.17, 15) is 14.0 Å². The van der Waals surface area contributed by atoms with Crippen molar-refractivity contribution in [1.29, 1.82) is 0 Å². The molecule has 0 aliphatic carbocycles. The summed E-state index contributed by atoms with van der Waals surface area (Å²) in [7, 11) is 1.73. The number of aromatic nitrogens is 7. The van der Waals surface area contributed by atoms with E-state index in [2.05, 4.69) is 37.3 Å². The van der Waals surface area contributed by atoms with E-state index in [0.29, 0.717) is 63.5 Å². The van der Waals surface area contributed by atoms with Gasteiger partial charge in [0.2, 0.25) is 0 Å². The first kappa shape index (κ1) is 35.9. The van der Waals surface area contributed by atoms with E-state index < -0.39 is 17.5 Å². The van der Waals surface area contributed by atoms with Crippen molar-refractivity contribution in [3.8, 4) is 17.2 Å². The minimum Gasteiger partial charge on any atom is -0.376 e. The second kappa shape index (κ2) is 13.1. The lowest BCUT2D eigenvalue weighted by molar-refractivity contribution is -0.0721. The van der Waals surface area contributed by atoms with Gasteiger partial charge in [-0.2, -0.15) is 10.2 Å². The second-order valence-electron chi connectivity index (χ2n) is 16.1. The molecule has 0 bridgehead atoms. The number of carbonyl (C=O) groups is 1. The molecule has 2 aliphatic rings. The van der Waals surface area contributed by atoms with E-state index in [1.807, 2.05) is 28.5 Å². The fourth-order valence-electron chi connectivity index (χ4n) is 8.90. The van der Waals surface area contributed by atoms with Crippen molar-refractivity contribution in [3.05, 3.63) is 129 Å². The van der Waals surface area contributed by atoms with Crippen LogP contribution in [0.15, 0.2) is 78.2 Å². The fraction of sp³-hybridized carbons (Fsp3) is 0.349. The second-order valence-corrected chi connectivity index (χ2v) is 16.1. The normalized spacial score (nSPS) is 18.2. The average molecular weight is 759 g/mol. The minimum atomic E-state index is -0.569. The third-order valence-corrected chi connectivity index (χ3v) is 11.7. The summed E-state index contributed by atoms with van der Waals surface area (Å²) in [6.45, 7) is 10.8. The molecule has 56 heavy (non-hydrogen) atoms. The summed E-state index contributed by atoms with van der Waals surface area (Å²) in [6, 6.07) is 12.3. The Hall–Kier alpha value is -5.82. The van der Waals surface area contributed by atoms with Crippen molar-refractivity contribution in [1.82, 2.24) is 38.0 Å². The summed E-state index contributed by atoms with van der Waals surface area (Å²) < 4.78 is 44.7. The van der Waals surface area contributed by atoms with Gasteiger partial charge in [0.15, 0.2) is 5.82 Å². The molecule has 1 fully saturated rings. The molecule has 13 heteroatoms. The lowest BCUT2D eigenvalue weighted by Crippen LogP contribution is -2.39. The molecule has 2 aliphatic heterocycles. The minimum absolute atomic E-state index is 0.0769. The summed E-state index contributed by atoms with van der Waals surface area (Å²) >= 11 is 0. The fourth-order valence-corrected chi connectivity index (χ4v) is 8.90. The number of hydrogen-bond acceptors (Lipinski definition) is 5. The predicted octanol–water partition coefficient (Wildman–Crippen LogP) is 7.36. The van der Waals surface area contributed by atoms with Crippen LogP contribution in [0, 0.1) is 31.4 Å². The topological polar surface area (TPSA) is 96.5 Å². The molecular weight excluding hydrogens is 715 g/mol. The molecular formula is C43H44F2N8O3. The van der Waals surface area contributed by atoms with Gasteiger partial charge in [-0.25, -0.2) is 18.3 Å². The summed E-state index contributed by atoms with van der Waals surface area (Å²) in [5.41, 5.74) is 5.58. The van der Waals surface area contributed by atoms with Gasteiger partial charge in [-0.05, 0) is 113 Å².